The number of carbonyl (C=O) groups excluding carboxylic acids is 1. The number of piperazine rings is 1. The molecule has 3 aromatic rings. The standard InChI is InChI=1S/C22H24N6O2/c29-20-17-5-1-2-6-18(17)24-22(25-20)28-13-11-27(12-14-28)21(30)16-7-8-19(23-15-16)26-9-3-4-10-26/h1-2,5-8,15H,3-4,9-14H2,(H,24,25,29). The number of para-hydroxylation sites is 1. The lowest BCUT2D eigenvalue weighted by Gasteiger charge is -2.35. The molecular weight excluding hydrogens is 380 g/mol. The summed E-state index contributed by atoms with van der Waals surface area (Å²) >= 11 is 0. The van der Waals surface area contributed by atoms with E-state index in [0.29, 0.717) is 48.6 Å². The van der Waals surface area contributed by atoms with Crippen LogP contribution in [0.1, 0.15) is 23.2 Å². The molecular formula is C22H24N6O2. The van der Waals surface area contributed by atoms with Crippen LogP contribution in [0.5, 0.6) is 0 Å². The maximum Gasteiger partial charge on any atom is 0.260 e. The molecule has 2 aliphatic rings. The average Bonchev–Trinajstić information content (AvgIpc) is 3.34. The van der Waals surface area contributed by atoms with Crippen molar-refractivity contribution in [3.8, 4) is 0 Å². The summed E-state index contributed by atoms with van der Waals surface area (Å²) in [5, 5.41) is 0.583. The Balaban J connectivity index is 1.25. The van der Waals surface area contributed by atoms with Gasteiger partial charge in [0.2, 0.25) is 5.95 Å². The van der Waals surface area contributed by atoms with Crippen molar-refractivity contribution in [2.45, 2.75) is 12.8 Å². The summed E-state index contributed by atoms with van der Waals surface area (Å²) in [6, 6.07) is 11.1. The summed E-state index contributed by atoms with van der Waals surface area (Å²) in [4.78, 5) is 43.3. The molecule has 5 rings (SSSR count). The van der Waals surface area contributed by atoms with Gasteiger partial charge in [-0.3, -0.25) is 14.6 Å². The Morgan fingerprint density at radius 3 is 2.40 bits per heavy atom. The summed E-state index contributed by atoms with van der Waals surface area (Å²) in [6.45, 7) is 4.45. The molecule has 4 heterocycles. The van der Waals surface area contributed by atoms with Gasteiger partial charge in [-0.2, -0.15) is 0 Å². The fourth-order valence-corrected chi connectivity index (χ4v) is 4.17. The summed E-state index contributed by atoms with van der Waals surface area (Å²) in [5.41, 5.74) is 1.15. The first-order valence-corrected chi connectivity index (χ1v) is 10.4. The van der Waals surface area contributed by atoms with Crippen molar-refractivity contribution in [1.29, 1.82) is 0 Å². The van der Waals surface area contributed by atoms with Crippen molar-refractivity contribution in [1.82, 2.24) is 19.9 Å². The van der Waals surface area contributed by atoms with Gasteiger partial charge < -0.3 is 14.7 Å². The second-order valence-corrected chi connectivity index (χ2v) is 7.79. The number of rotatable bonds is 3. The number of fused-ring (bicyclic) bond motifs is 1. The predicted octanol–water partition coefficient (Wildman–Crippen LogP) is 1.88. The van der Waals surface area contributed by atoms with Gasteiger partial charge in [-0.05, 0) is 37.1 Å². The van der Waals surface area contributed by atoms with Crippen LogP contribution in [-0.2, 0) is 0 Å². The number of pyridine rings is 1. The Hall–Kier alpha value is -3.42. The first kappa shape index (κ1) is 18.6. The largest absolute Gasteiger partial charge is 0.357 e. The highest BCUT2D eigenvalue weighted by Crippen LogP contribution is 2.19. The molecule has 8 nitrogen and oxygen atoms in total. The molecule has 0 atom stereocenters. The van der Waals surface area contributed by atoms with E-state index in [-0.39, 0.29) is 11.5 Å². The van der Waals surface area contributed by atoms with Gasteiger partial charge in [-0.25, -0.2) is 9.97 Å². The van der Waals surface area contributed by atoms with Gasteiger partial charge in [-0.1, -0.05) is 12.1 Å². The average molecular weight is 404 g/mol. The fourth-order valence-electron chi connectivity index (χ4n) is 4.17. The number of hydrogen-bond donors (Lipinski definition) is 1. The van der Waals surface area contributed by atoms with E-state index in [4.69, 9.17) is 0 Å². The van der Waals surface area contributed by atoms with Crippen LogP contribution in [0, 0.1) is 0 Å². The summed E-state index contributed by atoms with van der Waals surface area (Å²) in [7, 11) is 0. The third-order valence-electron chi connectivity index (χ3n) is 5.89. The molecule has 0 saturated carbocycles. The Kier molecular flexibility index (Phi) is 4.82. The highest BCUT2D eigenvalue weighted by Gasteiger charge is 2.24. The monoisotopic (exact) mass is 404 g/mol. The predicted molar refractivity (Wildman–Crippen MR) is 116 cm³/mol. The van der Waals surface area contributed by atoms with Crippen LogP contribution in [0.4, 0.5) is 11.8 Å². The molecule has 0 bridgehead atoms. The number of carbonyl (C=O) groups is 1. The Labute approximate surface area is 174 Å². The van der Waals surface area contributed by atoms with Crippen molar-refractivity contribution in [2.24, 2.45) is 0 Å². The maximum atomic E-state index is 12.9. The third kappa shape index (κ3) is 3.49. The number of nitrogens with zero attached hydrogens (tertiary/aromatic N) is 5. The van der Waals surface area contributed by atoms with Crippen LogP contribution < -0.4 is 15.4 Å². The van der Waals surface area contributed by atoms with Crippen molar-refractivity contribution in [3.63, 3.8) is 0 Å². The third-order valence-corrected chi connectivity index (χ3v) is 5.89. The molecule has 2 aliphatic heterocycles. The molecule has 154 valence electrons. The molecule has 1 aromatic carbocycles. The van der Waals surface area contributed by atoms with Gasteiger partial charge in [-0.15, -0.1) is 0 Å². The SMILES string of the molecule is O=C(c1ccc(N2CCCC2)nc1)N1CCN(c2nc3ccccc3c(=O)[nH]2)CC1. The second kappa shape index (κ2) is 7.78. The van der Waals surface area contributed by atoms with Crippen LogP contribution in [0.25, 0.3) is 10.9 Å². The lowest BCUT2D eigenvalue weighted by molar-refractivity contribution is 0.0746. The van der Waals surface area contributed by atoms with Gasteiger partial charge >= 0.3 is 0 Å². The molecule has 8 heteroatoms. The topological polar surface area (TPSA) is 85.4 Å². The quantitative estimate of drug-likeness (QED) is 0.718. The summed E-state index contributed by atoms with van der Waals surface area (Å²) < 4.78 is 0. The lowest BCUT2D eigenvalue weighted by Crippen LogP contribution is -2.49. The molecule has 0 unspecified atom stereocenters. The van der Waals surface area contributed by atoms with Crippen molar-refractivity contribution < 1.29 is 4.79 Å². The fraction of sp³-hybridized carbons (Fsp3) is 0.364. The number of H-pyrrole nitrogens is 1. The van der Waals surface area contributed by atoms with Crippen molar-refractivity contribution >= 4 is 28.6 Å². The zero-order valence-corrected chi connectivity index (χ0v) is 16.8. The van der Waals surface area contributed by atoms with Crippen molar-refractivity contribution in [3.05, 3.63) is 58.5 Å². The van der Waals surface area contributed by atoms with E-state index in [1.807, 2.05) is 40.1 Å². The van der Waals surface area contributed by atoms with Crippen LogP contribution in [0.3, 0.4) is 0 Å². The number of aromatic nitrogens is 3. The van der Waals surface area contributed by atoms with Crippen LogP contribution in [0.2, 0.25) is 0 Å². The first-order chi connectivity index (χ1) is 14.7. The molecule has 1 amide bonds. The summed E-state index contributed by atoms with van der Waals surface area (Å²) in [6.07, 6.45) is 4.08. The number of nitrogens with one attached hydrogen (secondary N) is 1. The number of hydrogen-bond acceptors (Lipinski definition) is 6. The lowest BCUT2D eigenvalue weighted by atomic mass is 10.2. The van der Waals surface area contributed by atoms with E-state index < -0.39 is 0 Å². The van der Waals surface area contributed by atoms with Crippen LogP contribution >= 0.6 is 0 Å². The minimum Gasteiger partial charge on any atom is -0.357 e. The molecule has 0 aliphatic carbocycles. The van der Waals surface area contributed by atoms with E-state index in [9.17, 15) is 9.59 Å². The highest BCUT2D eigenvalue weighted by atomic mass is 16.2. The van der Waals surface area contributed by atoms with E-state index >= 15 is 0 Å². The van der Waals surface area contributed by atoms with Gasteiger partial charge in [0.25, 0.3) is 11.5 Å². The van der Waals surface area contributed by atoms with E-state index in [1.165, 1.54) is 12.8 Å². The Bertz CT molecular complexity index is 1110. The van der Waals surface area contributed by atoms with Crippen LogP contribution in [-0.4, -0.2) is 65.0 Å². The van der Waals surface area contributed by atoms with Gasteiger partial charge in [0, 0.05) is 45.5 Å². The van der Waals surface area contributed by atoms with Gasteiger partial charge in [0.1, 0.15) is 5.82 Å². The molecule has 2 saturated heterocycles. The summed E-state index contributed by atoms with van der Waals surface area (Å²) in [5.74, 6) is 1.50. The van der Waals surface area contributed by atoms with Gasteiger partial charge in [0.15, 0.2) is 0 Å². The first-order valence-electron chi connectivity index (χ1n) is 10.4. The maximum absolute atomic E-state index is 12.9. The van der Waals surface area contributed by atoms with E-state index in [0.717, 1.165) is 18.9 Å². The van der Waals surface area contributed by atoms with Gasteiger partial charge in [0.05, 0.1) is 16.5 Å². The molecule has 1 N–H and O–H groups in total. The normalized spacial score (nSPS) is 17.0. The number of anilines is 2. The molecule has 2 fully saturated rings. The molecule has 0 spiro atoms. The zero-order valence-electron chi connectivity index (χ0n) is 16.8. The Morgan fingerprint density at radius 2 is 1.67 bits per heavy atom. The molecule has 30 heavy (non-hydrogen) atoms. The second-order valence-electron chi connectivity index (χ2n) is 7.79. The number of benzene rings is 1. The minimum atomic E-state index is -0.140. The smallest absolute Gasteiger partial charge is 0.260 e. The van der Waals surface area contributed by atoms with Crippen LogP contribution in [0.15, 0.2) is 47.4 Å². The highest BCUT2D eigenvalue weighted by molar-refractivity contribution is 5.94. The Morgan fingerprint density at radius 1 is 0.900 bits per heavy atom. The molecule has 0 radical (unpaired) electrons. The van der Waals surface area contributed by atoms with Crippen molar-refractivity contribution in [2.75, 3.05) is 49.1 Å². The molecule has 2 aromatic heterocycles. The number of aromatic amines is 1. The number of amides is 1. The van der Waals surface area contributed by atoms with E-state index in [2.05, 4.69) is 19.9 Å². The van der Waals surface area contributed by atoms with E-state index in [1.54, 1.807) is 12.3 Å². The minimum absolute atomic E-state index is 0.00455. The zero-order chi connectivity index (χ0) is 20.5.